The molecule has 0 aliphatic rings. The van der Waals surface area contributed by atoms with Crippen LogP contribution < -0.4 is 5.32 Å². The van der Waals surface area contributed by atoms with Crippen molar-refractivity contribution in [2.75, 3.05) is 20.1 Å². The second-order valence-electron chi connectivity index (χ2n) is 3.80. The van der Waals surface area contributed by atoms with Gasteiger partial charge in [0.25, 0.3) is 0 Å². The predicted molar refractivity (Wildman–Crippen MR) is 63.9 cm³/mol. The van der Waals surface area contributed by atoms with Crippen LogP contribution in [0.4, 0.5) is 0 Å². The molecule has 0 fully saturated rings. The minimum absolute atomic E-state index is 0.112. The number of hydrogen-bond acceptors (Lipinski definition) is 3. The molecule has 88 valence electrons. The Kier molecular flexibility index (Phi) is 5.50. The van der Waals surface area contributed by atoms with Gasteiger partial charge in [-0.3, -0.25) is 9.78 Å². The Morgan fingerprint density at radius 3 is 3.00 bits per heavy atom. The number of pyridine rings is 1. The molecule has 0 aliphatic heterocycles. The third-order valence-electron chi connectivity index (χ3n) is 2.27. The molecule has 1 rings (SSSR count). The number of carbonyl (C=O) groups excluding carboxylic acids is 1. The molecule has 0 saturated heterocycles. The van der Waals surface area contributed by atoms with E-state index in [0.717, 1.165) is 13.1 Å². The third-order valence-corrected chi connectivity index (χ3v) is 2.27. The Balaban J connectivity index is 2.26. The van der Waals surface area contributed by atoms with E-state index in [1.165, 1.54) is 5.56 Å². The van der Waals surface area contributed by atoms with Crippen molar-refractivity contribution in [3.8, 4) is 0 Å². The fourth-order valence-electron chi connectivity index (χ4n) is 1.46. The van der Waals surface area contributed by atoms with E-state index in [1.54, 1.807) is 6.20 Å². The first-order chi connectivity index (χ1) is 7.72. The van der Waals surface area contributed by atoms with Gasteiger partial charge in [0.15, 0.2) is 0 Å². The highest BCUT2D eigenvalue weighted by Gasteiger charge is 2.04. The molecule has 1 N–H and O–H groups in total. The number of rotatable bonds is 6. The van der Waals surface area contributed by atoms with E-state index in [-0.39, 0.29) is 5.91 Å². The predicted octanol–water partition coefficient (Wildman–Crippen LogP) is 1.04. The van der Waals surface area contributed by atoms with Crippen molar-refractivity contribution in [2.45, 2.75) is 19.9 Å². The molecule has 0 radical (unpaired) electrons. The quantitative estimate of drug-likeness (QED) is 0.780. The van der Waals surface area contributed by atoms with Crippen LogP contribution in [0.5, 0.6) is 0 Å². The van der Waals surface area contributed by atoms with Crippen molar-refractivity contribution >= 4 is 5.91 Å². The molecule has 0 aliphatic carbocycles. The lowest BCUT2D eigenvalue weighted by Gasteiger charge is -2.15. The number of nitrogens with one attached hydrogen (secondary N) is 1. The largest absolute Gasteiger partial charge is 0.356 e. The highest BCUT2D eigenvalue weighted by molar-refractivity contribution is 5.75. The summed E-state index contributed by atoms with van der Waals surface area (Å²) in [5, 5.41) is 2.79. The zero-order valence-corrected chi connectivity index (χ0v) is 9.94. The summed E-state index contributed by atoms with van der Waals surface area (Å²) in [6.45, 7) is 4.22. The highest BCUT2D eigenvalue weighted by atomic mass is 16.1. The summed E-state index contributed by atoms with van der Waals surface area (Å²) in [5.74, 6) is 0.112. The van der Waals surface area contributed by atoms with E-state index in [9.17, 15) is 4.79 Å². The van der Waals surface area contributed by atoms with Crippen LogP contribution in [0.3, 0.4) is 0 Å². The third kappa shape index (κ3) is 4.89. The Bertz CT molecular complexity index is 313. The molecule has 1 amide bonds. The number of carbonyl (C=O) groups is 1. The second kappa shape index (κ2) is 6.95. The smallest absolute Gasteiger partial charge is 0.221 e. The molecular formula is C12H19N3O. The van der Waals surface area contributed by atoms with Crippen molar-refractivity contribution in [1.29, 1.82) is 0 Å². The molecule has 0 unspecified atom stereocenters. The summed E-state index contributed by atoms with van der Waals surface area (Å²) in [6.07, 6.45) is 4.16. The van der Waals surface area contributed by atoms with Gasteiger partial charge in [-0.05, 0) is 25.6 Å². The van der Waals surface area contributed by atoms with E-state index < -0.39 is 0 Å². The Hall–Kier alpha value is -1.42. The first-order valence-electron chi connectivity index (χ1n) is 5.56. The average Bonchev–Trinajstić information content (AvgIpc) is 2.28. The van der Waals surface area contributed by atoms with Gasteiger partial charge in [-0.15, -0.1) is 0 Å². The average molecular weight is 221 g/mol. The Morgan fingerprint density at radius 2 is 2.38 bits per heavy atom. The standard InChI is InChI=1S/C12H19N3O/c1-3-14-12(16)6-8-15(2)10-11-5-4-7-13-9-11/h4-5,7,9H,3,6,8,10H2,1-2H3,(H,14,16). The van der Waals surface area contributed by atoms with Gasteiger partial charge in [0.2, 0.25) is 5.91 Å². The van der Waals surface area contributed by atoms with Crippen LogP contribution >= 0.6 is 0 Å². The molecular weight excluding hydrogens is 202 g/mol. The maximum atomic E-state index is 11.2. The molecule has 4 nitrogen and oxygen atoms in total. The normalized spacial score (nSPS) is 10.4. The number of aromatic nitrogens is 1. The van der Waals surface area contributed by atoms with Crippen LogP contribution in [-0.4, -0.2) is 35.9 Å². The SMILES string of the molecule is CCNC(=O)CCN(C)Cc1cccnc1. The molecule has 0 aromatic carbocycles. The minimum Gasteiger partial charge on any atom is -0.356 e. The van der Waals surface area contributed by atoms with Crippen molar-refractivity contribution in [3.63, 3.8) is 0 Å². The van der Waals surface area contributed by atoms with Gasteiger partial charge in [-0.1, -0.05) is 6.07 Å². The zero-order valence-electron chi connectivity index (χ0n) is 9.94. The summed E-state index contributed by atoms with van der Waals surface area (Å²) in [4.78, 5) is 17.4. The number of amides is 1. The lowest BCUT2D eigenvalue weighted by molar-refractivity contribution is -0.121. The lowest BCUT2D eigenvalue weighted by Crippen LogP contribution is -2.28. The summed E-state index contributed by atoms with van der Waals surface area (Å²) in [7, 11) is 2.01. The molecule has 16 heavy (non-hydrogen) atoms. The summed E-state index contributed by atoms with van der Waals surface area (Å²) < 4.78 is 0. The van der Waals surface area contributed by atoms with E-state index in [4.69, 9.17) is 0 Å². The molecule has 1 heterocycles. The highest BCUT2D eigenvalue weighted by Crippen LogP contribution is 2.00. The molecule has 0 atom stereocenters. The van der Waals surface area contributed by atoms with Crippen molar-refractivity contribution in [2.24, 2.45) is 0 Å². The molecule has 1 aromatic rings. The van der Waals surface area contributed by atoms with E-state index in [0.29, 0.717) is 13.0 Å². The first-order valence-corrected chi connectivity index (χ1v) is 5.56. The molecule has 1 aromatic heterocycles. The van der Waals surface area contributed by atoms with Gasteiger partial charge in [-0.25, -0.2) is 0 Å². The fourth-order valence-corrected chi connectivity index (χ4v) is 1.46. The van der Waals surface area contributed by atoms with Gasteiger partial charge < -0.3 is 10.2 Å². The summed E-state index contributed by atoms with van der Waals surface area (Å²) in [5.41, 5.74) is 1.17. The van der Waals surface area contributed by atoms with Crippen molar-refractivity contribution in [1.82, 2.24) is 15.2 Å². The molecule has 4 heteroatoms. The van der Waals surface area contributed by atoms with E-state index >= 15 is 0 Å². The number of nitrogens with zero attached hydrogens (tertiary/aromatic N) is 2. The summed E-state index contributed by atoms with van der Waals surface area (Å²) in [6, 6.07) is 3.96. The van der Waals surface area contributed by atoms with Crippen LogP contribution in [0.25, 0.3) is 0 Å². The van der Waals surface area contributed by atoms with Crippen LogP contribution in [0.1, 0.15) is 18.9 Å². The molecule has 0 bridgehead atoms. The van der Waals surface area contributed by atoms with Crippen LogP contribution in [0.15, 0.2) is 24.5 Å². The van der Waals surface area contributed by atoms with Gasteiger partial charge in [0.05, 0.1) is 0 Å². The first kappa shape index (κ1) is 12.6. The Morgan fingerprint density at radius 1 is 1.56 bits per heavy atom. The molecule has 0 saturated carbocycles. The maximum Gasteiger partial charge on any atom is 0.221 e. The van der Waals surface area contributed by atoms with Gasteiger partial charge in [-0.2, -0.15) is 0 Å². The van der Waals surface area contributed by atoms with Crippen LogP contribution in [-0.2, 0) is 11.3 Å². The minimum atomic E-state index is 0.112. The van der Waals surface area contributed by atoms with Crippen molar-refractivity contribution in [3.05, 3.63) is 30.1 Å². The lowest BCUT2D eigenvalue weighted by atomic mass is 10.2. The zero-order chi connectivity index (χ0) is 11.8. The molecule has 0 spiro atoms. The summed E-state index contributed by atoms with van der Waals surface area (Å²) >= 11 is 0. The van der Waals surface area contributed by atoms with Crippen molar-refractivity contribution < 1.29 is 4.79 Å². The fraction of sp³-hybridized carbons (Fsp3) is 0.500. The monoisotopic (exact) mass is 221 g/mol. The Labute approximate surface area is 96.7 Å². The van der Waals surface area contributed by atoms with E-state index in [1.807, 2.05) is 32.3 Å². The van der Waals surface area contributed by atoms with Gasteiger partial charge in [0, 0.05) is 38.4 Å². The number of hydrogen-bond donors (Lipinski definition) is 1. The maximum absolute atomic E-state index is 11.2. The topological polar surface area (TPSA) is 45.2 Å². The van der Waals surface area contributed by atoms with Crippen LogP contribution in [0, 0.1) is 0 Å². The van der Waals surface area contributed by atoms with Gasteiger partial charge in [0.1, 0.15) is 0 Å². The van der Waals surface area contributed by atoms with Gasteiger partial charge >= 0.3 is 0 Å². The second-order valence-corrected chi connectivity index (χ2v) is 3.80. The van der Waals surface area contributed by atoms with Crippen LogP contribution in [0.2, 0.25) is 0 Å². The van der Waals surface area contributed by atoms with E-state index in [2.05, 4.69) is 15.2 Å².